The average molecular weight is 494 g/mol. The maximum absolute atomic E-state index is 14.0. The van der Waals surface area contributed by atoms with Crippen LogP contribution in [0.5, 0.6) is 11.5 Å². The van der Waals surface area contributed by atoms with Crippen molar-refractivity contribution in [3.05, 3.63) is 120 Å². The maximum atomic E-state index is 14.0. The summed E-state index contributed by atoms with van der Waals surface area (Å²) in [6.45, 7) is 0.331. The van der Waals surface area contributed by atoms with Crippen molar-refractivity contribution in [1.82, 2.24) is 10.3 Å². The molecule has 37 heavy (non-hydrogen) atoms. The molecule has 3 aromatic carbocycles. The number of nitrogens with zero attached hydrogens (tertiary/aromatic N) is 2. The van der Waals surface area contributed by atoms with Crippen LogP contribution in [0.4, 0.5) is 5.69 Å². The topological polar surface area (TPSA) is 80.8 Å². The smallest absolute Gasteiger partial charge is 0.259 e. The van der Waals surface area contributed by atoms with E-state index in [1.807, 2.05) is 78.9 Å². The van der Waals surface area contributed by atoms with Crippen molar-refractivity contribution in [2.75, 3.05) is 19.1 Å². The second-order valence-electron chi connectivity index (χ2n) is 8.74. The van der Waals surface area contributed by atoms with E-state index in [0.717, 1.165) is 11.1 Å². The molecule has 186 valence electrons. The van der Waals surface area contributed by atoms with E-state index in [1.165, 1.54) is 0 Å². The van der Waals surface area contributed by atoms with Gasteiger partial charge in [-0.1, -0.05) is 36.4 Å². The van der Waals surface area contributed by atoms with E-state index in [4.69, 9.17) is 9.47 Å². The molecule has 1 aromatic heterocycles. The van der Waals surface area contributed by atoms with E-state index in [0.29, 0.717) is 34.9 Å². The number of carbonyl (C=O) groups is 2. The molecule has 7 nitrogen and oxygen atoms in total. The number of amides is 2. The predicted octanol–water partition coefficient (Wildman–Crippen LogP) is 4.90. The third-order valence-corrected chi connectivity index (χ3v) is 6.62. The van der Waals surface area contributed by atoms with Crippen molar-refractivity contribution in [3.63, 3.8) is 0 Å². The number of ether oxygens (including phenoxy) is 2. The molecule has 4 aromatic rings. The Morgan fingerprint density at radius 2 is 1.57 bits per heavy atom. The van der Waals surface area contributed by atoms with Crippen LogP contribution in [0.3, 0.4) is 0 Å². The highest BCUT2D eigenvalue weighted by atomic mass is 16.5. The largest absolute Gasteiger partial charge is 0.497 e. The first kappa shape index (κ1) is 24.1. The van der Waals surface area contributed by atoms with Gasteiger partial charge in [-0.15, -0.1) is 0 Å². The lowest BCUT2D eigenvalue weighted by atomic mass is 9.78. The van der Waals surface area contributed by atoms with Gasteiger partial charge < -0.3 is 14.8 Å². The summed E-state index contributed by atoms with van der Waals surface area (Å²) >= 11 is 0. The summed E-state index contributed by atoms with van der Waals surface area (Å²) in [6.07, 6.45) is 3.42. The number of pyridine rings is 1. The number of carbonyl (C=O) groups excluding carboxylic acids is 2. The van der Waals surface area contributed by atoms with Gasteiger partial charge in [-0.05, 0) is 65.2 Å². The van der Waals surface area contributed by atoms with Gasteiger partial charge in [0.15, 0.2) is 0 Å². The van der Waals surface area contributed by atoms with Crippen molar-refractivity contribution >= 4 is 17.5 Å². The van der Waals surface area contributed by atoms with E-state index in [1.54, 1.807) is 37.6 Å². The van der Waals surface area contributed by atoms with Crippen molar-refractivity contribution in [2.45, 2.75) is 18.5 Å². The summed E-state index contributed by atoms with van der Waals surface area (Å²) in [5, 5.41) is 3.08. The average Bonchev–Trinajstić information content (AvgIpc) is 2.96. The number of rotatable bonds is 7. The molecule has 0 spiro atoms. The lowest BCUT2D eigenvalue weighted by molar-refractivity contribution is -0.123. The Morgan fingerprint density at radius 1 is 0.892 bits per heavy atom. The van der Waals surface area contributed by atoms with Crippen LogP contribution in [0.25, 0.3) is 0 Å². The van der Waals surface area contributed by atoms with Crippen LogP contribution in [0.15, 0.2) is 97.3 Å². The van der Waals surface area contributed by atoms with Gasteiger partial charge in [-0.3, -0.25) is 19.5 Å². The SMILES string of the molecule is COc1ccc([C@H]2[C@H](C(=O)NCc3cccnc3)c3ccccc3C(=O)N2c2ccc(OC)cc2)cc1. The lowest BCUT2D eigenvalue weighted by Gasteiger charge is -2.42. The van der Waals surface area contributed by atoms with Crippen molar-refractivity contribution < 1.29 is 19.1 Å². The van der Waals surface area contributed by atoms with E-state index >= 15 is 0 Å². The monoisotopic (exact) mass is 493 g/mol. The lowest BCUT2D eigenvalue weighted by Crippen LogP contribution is -2.47. The highest BCUT2D eigenvalue weighted by Crippen LogP contribution is 2.45. The number of hydrogen-bond donors (Lipinski definition) is 1. The summed E-state index contributed by atoms with van der Waals surface area (Å²) in [7, 11) is 3.20. The molecule has 0 saturated heterocycles. The van der Waals surface area contributed by atoms with E-state index < -0.39 is 12.0 Å². The molecule has 2 amide bonds. The van der Waals surface area contributed by atoms with E-state index in [-0.39, 0.29) is 11.8 Å². The molecule has 5 rings (SSSR count). The fourth-order valence-electron chi connectivity index (χ4n) is 4.79. The first-order chi connectivity index (χ1) is 18.1. The molecular weight excluding hydrogens is 466 g/mol. The molecule has 1 N–H and O–H groups in total. The first-order valence-corrected chi connectivity index (χ1v) is 12.0. The number of anilines is 1. The summed E-state index contributed by atoms with van der Waals surface area (Å²) in [5.41, 5.74) is 3.59. The molecule has 7 heteroatoms. The Morgan fingerprint density at radius 3 is 2.22 bits per heavy atom. The second-order valence-corrected chi connectivity index (χ2v) is 8.74. The summed E-state index contributed by atoms with van der Waals surface area (Å²) in [4.78, 5) is 33.7. The van der Waals surface area contributed by atoms with Gasteiger partial charge in [0.2, 0.25) is 5.91 Å². The summed E-state index contributed by atoms with van der Waals surface area (Å²) in [5.74, 6) is 0.377. The highest BCUT2D eigenvalue weighted by Gasteiger charge is 2.44. The number of hydrogen-bond acceptors (Lipinski definition) is 5. The maximum Gasteiger partial charge on any atom is 0.259 e. The highest BCUT2D eigenvalue weighted by molar-refractivity contribution is 6.11. The molecule has 1 aliphatic heterocycles. The molecule has 0 aliphatic carbocycles. The molecule has 0 radical (unpaired) electrons. The molecule has 2 heterocycles. The third kappa shape index (κ3) is 4.76. The standard InChI is InChI=1S/C30H27N3O4/c1-36-23-13-9-21(10-14-23)28-27(29(34)32-19-20-6-5-17-31-18-20)25-7-3-4-8-26(25)30(35)33(28)22-11-15-24(37-2)16-12-22/h3-18,27-28H,19H2,1-2H3,(H,32,34)/t27-,28+/m1/s1. The van der Waals surface area contributed by atoms with Crippen molar-refractivity contribution in [1.29, 1.82) is 0 Å². The number of nitrogens with one attached hydrogen (secondary N) is 1. The van der Waals surface area contributed by atoms with Gasteiger partial charge in [0.25, 0.3) is 5.91 Å². The van der Waals surface area contributed by atoms with E-state index in [2.05, 4.69) is 10.3 Å². The Labute approximate surface area is 215 Å². The molecule has 0 fully saturated rings. The minimum atomic E-state index is -0.652. The zero-order chi connectivity index (χ0) is 25.8. The molecule has 2 atom stereocenters. The van der Waals surface area contributed by atoms with Crippen LogP contribution in [0, 0.1) is 0 Å². The number of benzene rings is 3. The fourth-order valence-corrected chi connectivity index (χ4v) is 4.79. The van der Waals surface area contributed by atoms with Crippen molar-refractivity contribution in [2.24, 2.45) is 0 Å². The van der Waals surface area contributed by atoms with Crippen LogP contribution < -0.4 is 19.7 Å². The minimum Gasteiger partial charge on any atom is -0.497 e. The van der Waals surface area contributed by atoms with Gasteiger partial charge in [0.05, 0.1) is 26.2 Å². The van der Waals surface area contributed by atoms with Gasteiger partial charge in [0, 0.05) is 30.2 Å². The quantitative estimate of drug-likeness (QED) is 0.396. The minimum absolute atomic E-state index is 0.169. The molecule has 0 unspecified atom stereocenters. The summed E-state index contributed by atoms with van der Waals surface area (Å²) < 4.78 is 10.7. The second kappa shape index (κ2) is 10.5. The normalized spacial score (nSPS) is 16.6. The Kier molecular flexibility index (Phi) is 6.85. The molecule has 0 saturated carbocycles. The van der Waals surface area contributed by atoms with Gasteiger partial charge >= 0.3 is 0 Å². The van der Waals surface area contributed by atoms with Crippen molar-refractivity contribution in [3.8, 4) is 11.5 Å². The number of fused-ring (bicyclic) bond motifs is 1. The molecule has 0 bridgehead atoms. The third-order valence-electron chi connectivity index (χ3n) is 6.62. The number of methoxy groups -OCH3 is 2. The van der Waals surface area contributed by atoms with Crippen LogP contribution >= 0.6 is 0 Å². The fraction of sp³-hybridized carbons (Fsp3) is 0.167. The molecular formula is C30H27N3O4. The van der Waals surface area contributed by atoms with Gasteiger partial charge in [-0.2, -0.15) is 0 Å². The van der Waals surface area contributed by atoms with Crippen LogP contribution in [0.2, 0.25) is 0 Å². The van der Waals surface area contributed by atoms with Crippen LogP contribution in [0.1, 0.15) is 39.0 Å². The Hall–Kier alpha value is -4.65. The Bertz CT molecular complexity index is 1390. The first-order valence-electron chi connectivity index (χ1n) is 12.0. The Balaban J connectivity index is 1.63. The number of aromatic nitrogens is 1. The zero-order valence-corrected chi connectivity index (χ0v) is 20.6. The van der Waals surface area contributed by atoms with Gasteiger partial charge in [-0.25, -0.2) is 0 Å². The zero-order valence-electron chi connectivity index (χ0n) is 20.6. The van der Waals surface area contributed by atoms with E-state index in [9.17, 15) is 9.59 Å². The predicted molar refractivity (Wildman–Crippen MR) is 141 cm³/mol. The summed E-state index contributed by atoms with van der Waals surface area (Å²) in [6, 6.07) is 25.3. The van der Waals surface area contributed by atoms with Crippen LogP contribution in [-0.2, 0) is 11.3 Å². The van der Waals surface area contributed by atoms with Crippen LogP contribution in [-0.4, -0.2) is 31.0 Å². The molecule has 1 aliphatic rings. The van der Waals surface area contributed by atoms with Gasteiger partial charge in [0.1, 0.15) is 11.5 Å².